The van der Waals surface area contributed by atoms with Crippen molar-refractivity contribution in [2.75, 3.05) is 6.61 Å². The Morgan fingerprint density at radius 1 is 1.04 bits per heavy atom. The van der Waals surface area contributed by atoms with Gasteiger partial charge in [-0.3, -0.25) is 4.79 Å². The Kier molecular flexibility index (Phi) is 5.45. The minimum atomic E-state index is -0.602. The van der Waals surface area contributed by atoms with Crippen LogP contribution in [-0.2, 0) is 9.53 Å². The number of pyridine rings is 1. The van der Waals surface area contributed by atoms with Gasteiger partial charge in [0.25, 0.3) is 5.91 Å². The molecule has 0 radical (unpaired) electrons. The number of fused-ring (bicyclic) bond motifs is 1. The van der Waals surface area contributed by atoms with E-state index in [-0.39, 0.29) is 29.2 Å². The van der Waals surface area contributed by atoms with Crippen molar-refractivity contribution in [3.05, 3.63) is 42.1 Å². The minimum Gasteiger partial charge on any atom is -0.451 e. The number of nitrogens with one attached hydrogen (secondary N) is 1. The van der Waals surface area contributed by atoms with Crippen LogP contribution in [0.1, 0.15) is 51.5 Å². The lowest BCUT2D eigenvalue weighted by atomic mass is 9.82. The lowest BCUT2D eigenvalue weighted by Crippen LogP contribution is -2.47. The number of para-hydroxylation sites is 1. The molecule has 5 nitrogen and oxygen atoms in total. The highest BCUT2D eigenvalue weighted by Gasteiger charge is 2.27. The van der Waals surface area contributed by atoms with Gasteiger partial charge in [0, 0.05) is 10.9 Å². The molecule has 0 spiro atoms. The summed E-state index contributed by atoms with van der Waals surface area (Å²) in [5, 5.41) is 3.86. The molecular formula is C20H26N2O3. The molecule has 1 amide bonds. The van der Waals surface area contributed by atoms with Gasteiger partial charge in [-0.05, 0) is 37.8 Å². The monoisotopic (exact) mass is 342 g/mol. The molecule has 0 aliphatic heterocycles. The van der Waals surface area contributed by atoms with E-state index < -0.39 is 5.97 Å². The topological polar surface area (TPSA) is 68.3 Å². The van der Waals surface area contributed by atoms with E-state index in [1.807, 2.05) is 44.2 Å². The van der Waals surface area contributed by atoms with Gasteiger partial charge in [0.15, 0.2) is 6.61 Å². The Hall–Kier alpha value is -2.43. The maximum atomic E-state index is 12.1. The Labute approximate surface area is 148 Å². The summed E-state index contributed by atoms with van der Waals surface area (Å²) in [7, 11) is 0. The Balaban J connectivity index is 1.93. The summed E-state index contributed by atoms with van der Waals surface area (Å²) < 4.78 is 5.10. The van der Waals surface area contributed by atoms with E-state index in [0.29, 0.717) is 5.52 Å². The normalized spacial score (nSPS) is 12.0. The third kappa shape index (κ3) is 5.85. The second kappa shape index (κ2) is 7.21. The molecule has 0 aliphatic carbocycles. The lowest BCUT2D eigenvalue weighted by Gasteiger charge is -2.33. The molecule has 1 heterocycles. The number of hydrogen-bond donors (Lipinski definition) is 1. The van der Waals surface area contributed by atoms with Gasteiger partial charge in [0.2, 0.25) is 0 Å². The SMILES string of the molecule is CC(C)(C)CC(C)(C)NC(=O)COC(=O)c1ccc2ccccc2n1. The molecule has 1 aromatic carbocycles. The average Bonchev–Trinajstić information content (AvgIpc) is 2.49. The molecular weight excluding hydrogens is 316 g/mol. The maximum absolute atomic E-state index is 12.1. The summed E-state index contributed by atoms with van der Waals surface area (Å²) in [5.41, 5.74) is 0.624. The third-order valence-corrected chi connectivity index (χ3v) is 3.59. The summed E-state index contributed by atoms with van der Waals surface area (Å²) >= 11 is 0. The first kappa shape index (κ1) is 18.9. The quantitative estimate of drug-likeness (QED) is 0.841. The molecule has 0 unspecified atom stereocenters. The van der Waals surface area contributed by atoms with Gasteiger partial charge < -0.3 is 10.1 Å². The van der Waals surface area contributed by atoms with Gasteiger partial charge in [-0.25, -0.2) is 9.78 Å². The van der Waals surface area contributed by atoms with Crippen molar-refractivity contribution in [2.45, 2.75) is 46.6 Å². The van der Waals surface area contributed by atoms with E-state index >= 15 is 0 Å². The van der Waals surface area contributed by atoms with E-state index in [0.717, 1.165) is 11.8 Å². The molecule has 2 rings (SSSR count). The highest BCUT2D eigenvalue weighted by molar-refractivity contribution is 5.92. The van der Waals surface area contributed by atoms with Gasteiger partial charge in [0.05, 0.1) is 5.52 Å². The average molecular weight is 342 g/mol. The molecule has 1 N–H and O–H groups in total. The van der Waals surface area contributed by atoms with Crippen molar-refractivity contribution in [1.82, 2.24) is 10.3 Å². The van der Waals surface area contributed by atoms with Crippen LogP contribution >= 0.6 is 0 Å². The summed E-state index contributed by atoms with van der Waals surface area (Å²) in [4.78, 5) is 28.5. The molecule has 0 aliphatic rings. The van der Waals surface area contributed by atoms with Crippen LogP contribution in [0, 0.1) is 5.41 Å². The molecule has 5 heteroatoms. The molecule has 134 valence electrons. The molecule has 1 aromatic heterocycles. The second-order valence-corrected chi connectivity index (χ2v) is 8.13. The van der Waals surface area contributed by atoms with Crippen molar-refractivity contribution in [3.8, 4) is 0 Å². The molecule has 25 heavy (non-hydrogen) atoms. The van der Waals surface area contributed by atoms with Crippen LogP contribution in [-0.4, -0.2) is 29.0 Å². The van der Waals surface area contributed by atoms with Crippen molar-refractivity contribution in [1.29, 1.82) is 0 Å². The Morgan fingerprint density at radius 2 is 1.72 bits per heavy atom. The standard InChI is InChI=1S/C20H26N2O3/c1-19(2,3)13-20(4,5)22-17(23)12-25-18(24)16-11-10-14-8-6-7-9-15(14)21-16/h6-11H,12-13H2,1-5H3,(H,22,23). The van der Waals surface area contributed by atoms with Crippen LogP contribution in [0.25, 0.3) is 10.9 Å². The first-order chi connectivity index (χ1) is 11.6. The number of hydrogen-bond acceptors (Lipinski definition) is 4. The van der Waals surface area contributed by atoms with E-state index in [1.54, 1.807) is 6.07 Å². The molecule has 2 aromatic rings. The summed E-state index contributed by atoms with van der Waals surface area (Å²) in [6.07, 6.45) is 0.811. The number of rotatable bonds is 5. The van der Waals surface area contributed by atoms with Crippen molar-refractivity contribution >= 4 is 22.8 Å². The molecule has 0 fully saturated rings. The predicted octanol–water partition coefficient (Wildman–Crippen LogP) is 3.72. The first-order valence-corrected chi connectivity index (χ1v) is 8.40. The predicted molar refractivity (Wildman–Crippen MR) is 98.3 cm³/mol. The fraction of sp³-hybridized carbons (Fsp3) is 0.450. The van der Waals surface area contributed by atoms with Gasteiger partial charge in [-0.1, -0.05) is 45.0 Å². The van der Waals surface area contributed by atoms with Gasteiger partial charge in [-0.15, -0.1) is 0 Å². The number of esters is 1. The first-order valence-electron chi connectivity index (χ1n) is 8.40. The van der Waals surface area contributed by atoms with E-state index in [9.17, 15) is 9.59 Å². The molecule has 0 saturated heterocycles. The maximum Gasteiger partial charge on any atom is 0.357 e. The Morgan fingerprint density at radius 3 is 2.40 bits per heavy atom. The van der Waals surface area contributed by atoms with Gasteiger partial charge in [0.1, 0.15) is 5.69 Å². The van der Waals surface area contributed by atoms with Crippen LogP contribution in [0.5, 0.6) is 0 Å². The third-order valence-electron chi connectivity index (χ3n) is 3.59. The number of carbonyl (C=O) groups excluding carboxylic acids is 2. The van der Waals surface area contributed by atoms with Crippen molar-refractivity contribution in [3.63, 3.8) is 0 Å². The largest absolute Gasteiger partial charge is 0.451 e. The van der Waals surface area contributed by atoms with Gasteiger partial charge >= 0.3 is 5.97 Å². The van der Waals surface area contributed by atoms with Crippen molar-refractivity contribution in [2.24, 2.45) is 5.41 Å². The zero-order valence-corrected chi connectivity index (χ0v) is 15.6. The lowest BCUT2D eigenvalue weighted by molar-refractivity contribution is -0.126. The number of carbonyl (C=O) groups is 2. The van der Waals surface area contributed by atoms with Crippen molar-refractivity contribution < 1.29 is 14.3 Å². The van der Waals surface area contributed by atoms with E-state index in [2.05, 4.69) is 31.1 Å². The number of benzene rings is 1. The molecule has 0 saturated carbocycles. The number of ether oxygens (including phenoxy) is 1. The zero-order chi connectivity index (χ0) is 18.7. The van der Waals surface area contributed by atoms with E-state index in [4.69, 9.17) is 4.74 Å². The van der Waals surface area contributed by atoms with E-state index in [1.165, 1.54) is 0 Å². The van der Waals surface area contributed by atoms with Gasteiger partial charge in [-0.2, -0.15) is 0 Å². The highest BCUT2D eigenvalue weighted by Crippen LogP contribution is 2.26. The second-order valence-electron chi connectivity index (χ2n) is 8.13. The number of nitrogens with zero attached hydrogens (tertiary/aromatic N) is 1. The zero-order valence-electron chi connectivity index (χ0n) is 15.6. The summed E-state index contributed by atoms with van der Waals surface area (Å²) in [6, 6.07) is 10.9. The summed E-state index contributed by atoms with van der Waals surface area (Å²) in [6.45, 7) is 9.96. The fourth-order valence-corrected chi connectivity index (χ4v) is 3.17. The fourth-order valence-electron chi connectivity index (χ4n) is 3.17. The minimum absolute atomic E-state index is 0.0858. The number of amides is 1. The molecule has 0 atom stereocenters. The summed E-state index contributed by atoms with van der Waals surface area (Å²) in [5.74, 6) is -0.919. The molecule has 0 bridgehead atoms. The van der Waals surface area contributed by atoms with Crippen LogP contribution < -0.4 is 5.32 Å². The van der Waals surface area contributed by atoms with Crippen LogP contribution in [0.4, 0.5) is 0 Å². The Bertz CT molecular complexity index is 776. The highest BCUT2D eigenvalue weighted by atomic mass is 16.5. The van der Waals surface area contributed by atoms with Crippen LogP contribution in [0.3, 0.4) is 0 Å². The van der Waals surface area contributed by atoms with Crippen LogP contribution in [0.2, 0.25) is 0 Å². The van der Waals surface area contributed by atoms with Crippen LogP contribution in [0.15, 0.2) is 36.4 Å². The number of aromatic nitrogens is 1. The smallest absolute Gasteiger partial charge is 0.357 e.